The Hall–Kier alpha value is -0.413. The first-order valence-electron chi connectivity index (χ1n) is 6.01. The number of thioether (sulfide) groups is 1. The van der Waals surface area contributed by atoms with Crippen LogP contribution in [0.15, 0.2) is 23.1 Å². The van der Waals surface area contributed by atoms with Crippen LogP contribution in [0, 0.1) is 6.92 Å². The van der Waals surface area contributed by atoms with Crippen LogP contribution in [0.5, 0.6) is 5.75 Å². The van der Waals surface area contributed by atoms with E-state index in [0.29, 0.717) is 0 Å². The topological polar surface area (TPSA) is 9.23 Å². The minimum Gasteiger partial charge on any atom is -0.543 e. The SMILES string of the molecule is CSc1ccc(C)c(O[Si](C)(C)C(C)(C)C)c1. The Kier molecular flexibility index (Phi) is 4.36. The van der Waals surface area contributed by atoms with E-state index < -0.39 is 8.32 Å². The fourth-order valence-corrected chi connectivity index (χ4v) is 2.75. The summed E-state index contributed by atoms with van der Waals surface area (Å²) >= 11 is 1.76. The van der Waals surface area contributed by atoms with Crippen molar-refractivity contribution in [2.75, 3.05) is 6.26 Å². The van der Waals surface area contributed by atoms with Gasteiger partial charge in [0.25, 0.3) is 0 Å². The van der Waals surface area contributed by atoms with Crippen LogP contribution >= 0.6 is 11.8 Å². The Morgan fingerprint density at radius 1 is 1.18 bits per heavy atom. The predicted molar refractivity (Wildman–Crippen MR) is 80.8 cm³/mol. The molecule has 0 radical (unpaired) electrons. The fourth-order valence-electron chi connectivity index (χ4n) is 1.25. The molecule has 0 aliphatic carbocycles. The van der Waals surface area contributed by atoms with Crippen LogP contribution in [0.1, 0.15) is 26.3 Å². The molecule has 0 aliphatic heterocycles. The highest BCUT2D eigenvalue weighted by molar-refractivity contribution is 7.98. The van der Waals surface area contributed by atoms with Gasteiger partial charge in [0.15, 0.2) is 0 Å². The summed E-state index contributed by atoms with van der Waals surface area (Å²) in [6, 6.07) is 6.47. The van der Waals surface area contributed by atoms with Gasteiger partial charge in [0.1, 0.15) is 5.75 Å². The molecule has 17 heavy (non-hydrogen) atoms. The van der Waals surface area contributed by atoms with Gasteiger partial charge in [-0.1, -0.05) is 26.8 Å². The van der Waals surface area contributed by atoms with Crippen LogP contribution in [0.3, 0.4) is 0 Å². The molecule has 0 saturated heterocycles. The standard InChI is InChI=1S/C14H24OSSi/c1-11-8-9-12(16-5)10-13(11)15-17(6,7)14(2,3)4/h8-10H,1-7H3. The van der Waals surface area contributed by atoms with Gasteiger partial charge in [-0.25, -0.2) is 0 Å². The zero-order chi connectivity index (χ0) is 13.3. The largest absolute Gasteiger partial charge is 0.543 e. The molecule has 3 heteroatoms. The van der Waals surface area contributed by atoms with Gasteiger partial charge in [-0.3, -0.25) is 0 Å². The van der Waals surface area contributed by atoms with E-state index in [9.17, 15) is 0 Å². The van der Waals surface area contributed by atoms with E-state index in [0.717, 1.165) is 5.75 Å². The molecule has 1 aromatic rings. The molecule has 1 nitrogen and oxygen atoms in total. The number of rotatable bonds is 3. The predicted octanol–water partition coefficient (Wildman–Crippen LogP) is 5.10. The van der Waals surface area contributed by atoms with Gasteiger partial charge in [0.05, 0.1) is 0 Å². The third-order valence-electron chi connectivity index (χ3n) is 3.57. The van der Waals surface area contributed by atoms with Gasteiger partial charge < -0.3 is 4.43 Å². The summed E-state index contributed by atoms with van der Waals surface area (Å²) in [6.07, 6.45) is 2.10. The maximum Gasteiger partial charge on any atom is 0.250 e. The lowest BCUT2D eigenvalue weighted by molar-refractivity contribution is 0.488. The minimum atomic E-state index is -1.72. The van der Waals surface area contributed by atoms with Crippen LogP contribution in [0.25, 0.3) is 0 Å². The summed E-state index contributed by atoms with van der Waals surface area (Å²) in [5.41, 5.74) is 1.23. The highest BCUT2D eigenvalue weighted by Gasteiger charge is 2.39. The molecule has 1 rings (SSSR count). The number of aryl methyl sites for hydroxylation is 1. The smallest absolute Gasteiger partial charge is 0.250 e. The van der Waals surface area contributed by atoms with E-state index in [-0.39, 0.29) is 5.04 Å². The lowest BCUT2D eigenvalue weighted by Crippen LogP contribution is -2.44. The molecule has 0 N–H and O–H groups in total. The Morgan fingerprint density at radius 3 is 2.24 bits per heavy atom. The van der Waals surface area contributed by atoms with Gasteiger partial charge in [-0.15, -0.1) is 11.8 Å². The molecule has 0 amide bonds. The molecular weight excluding hydrogens is 244 g/mol. The van der Waals surface area contributed by atoms with E-state index in [2.05, 4.69) is 65.2 Å². The van der Waals surface area contributed by atoms with Gasteiger partial charge in [-0.2, -0.15) is 0 Å². The van der Waals surface area contributed by atoms with Gasteiger partial charge >= 0.3 is 0 Å². The van der Waals surface area contributed by atoms with Crippen molar-refractivity contribution in [3.8, 4) is 5.75 Å². The van der Waals surface area contributed by atoms with Crippen LogP contribution < -0.4 is 4.43 Å². The van der Waals surface area contributed by atoms with E-state index in [1.807, 2.05) is 0 Å². The Morgan fingerprint density at radius 2 is 1.76 bits per heavy atom. The maximum absolute atomic E-state index is 6.37. The highest BCUT2D eigenvalue weighted by atomic mass is 32.2. The summed E-state index contributed by atoms with van der Waals surface area (Å²) in [5.74, 6) is 1.06. The van der Waals surface area contributed by atoms with Crippen LogP contribution in [0.4, 0.5) is 0 Å². The van der Waals surface area contributed by atoms with Crippen LogP contribution in [-0.4, -0.2) is 14.6 Å². The van der Waals surface area contributed by atoms with Crippen LogP contribution in [-0.2, 0) is 0 Å². The third kappa shape index (κ3) is 3.52. The molecule has 96 valence electrons. The monoisotopic (exact) mass is 268 g/mol. The minimum absolute atomic E-state index is 0.245. The molecule has 0 saturated carbocycles. The summed E-state index contributed by atoms with van der Waals surface area (Å²) in [7, 11) is -1.72. The molecule has 0 heterocycles. The normalized spacial score (nSPS) is 12.6. The van der Waals surface area contributed by atoms with Crippen molar-refractivity contribution >= 4 is 20.1 Å². The first-order valence-corrected chi connectivity index (χ1v) is 10.1. The lowest BCUT2D eigenvalue weighted by Gasteiger charge is -2.37. The number of hydrogen-bond acceptors (Lipinski definition) is 2. The zero-order valence-electron chi connectivity index (χ0n) is 12.0. The molecule has 0 aromatic heterocycles. The first kappa shape index (κ1) is 14.6. The summed E-state index contributed by atoms with van der Waals surface area (Å²) in [6.45, 7) is 13.5. The molecule has 0 spiro atoms. The van der Waals surface area contributed by atoms with Gasteiger partial charge in [0.2, 0.25) is 8.32 Å². The van der Waals surface area contributed by atoms with Gasteiger partial charge in [0, 0.05) is 4.90 Å². The summed E-state index contributed by atoms with van der Waals surface area (Å²) in [4.78, 5) is 1.27. The molecule has 0 fully saturated rings. The van der Waals surface area contributed by atoms with Crippen molar-refractivity contribution in [3.05, 3.63) is 23.8 Å². The third-order valence-corrected chi connectivity index (χ3v) is 8.63. The van der Waals surface area contributed by atoms with E-state index in [4.69, 9.17) is 4.43 Å². The molecule has 0 unspecified atom stereocenters. The highest BCUT2D eigenvalue weighted by Crippen LogP contribution is 2.38. The summed E-state index contributed by atoms with van der Waals surface area (Å²) in [5, 5.41) is 0.245. The molecular formula is C14H24OSSi. The molecule has 0 atom stereocenters. The number of benzene rings is 1. The Bertz CT molecular complexity index is 394. The van der Waals surface area contributed by atoms with E-state index >= 15 is 0 Å². The van der Waals surface area contributed by atoms with Crippen LogP contribution in [0.2, 0.25) is 18.1 Å². The lowest BCUT2D eigenvalue weighted by atomic mass is 10.2. The van der Waals surface area contributed by atoms with Gasteiger partial charge in [-0.05, 0) is 49.0 Å². The second-order valence-electron chi connectivity index (χ2n) is 5.99. The first-order chi connectivity index (χ1) is 7.67. The van der Waals surface area contributed by atoms with E-state index in [1.165, 1.54) is 10.5 Å². The average molecular weight is 268 g/mol. The summed E-state index contributed by atoms with van der Waals surface area (Å²) < 4.78 is 6.37. The fraction of sp³-hybridized carbons (Fsp3) is 0.571. The second-order valence-corrected chi connectivity index (χ2v) is 11.6. The number of hydrogen-bond donors (Lipinski definition) is 0. The Labute approximate surface area is 111 Å². The molecule has 0 bridgehead atoms. The van der Waals surface area contributed by atoms with Crippen molar-refractivity contribution in [3.63, 3.8) is 0 Å². The second kappa shape index (κ2) is 5.07. The molecule has 1 aromatic carbocycles. The van der Waals surface area contributed by atoms with Crippen molar-refractivity contribution < 1.29 is 4.43 Å². The Balaban J connectivity index is 3.02. The molecule has 0 aliphatic rings. The average Bonchev–Trinajstić information content (AvgIpc) is 2.19. The van der Waals surface area contributed by atoms with Crippen molar-refractivity contribution in [1.29, 1.82) is 0 Å². The van der Waals surface area contributed by atoms with Crippen molar-refractivity contribution in [2.24, 2.45) is 0 Å². The zero-order valence-corrected chi connectivity index (χ0v) is 13.9. The van der Waals surface area contributed by atoms with E-state index in [1.54, 1.807) is 11.8 Å². The maximum atomic E-state index is 6.37. The quantitative estimate of drug-likeness (QED) is 0.557. The van der Waals surface area contributed by atoms with Crippen molar-refractivity contribution in [1.82, 2.24) is 0 Å². The van der Waals surface area contributed by atoms with Crippen molar-refractivity contribution in [2.45, 2.75) is 50.7 Å².